The number of hydrogen-bond donors (Lipinski definition) is 1. The van der Waals surface area contributed by atoms with Gasteiger partial charge in [-0.2, -0.15) is 0 Å². The lowest BCUT2D eigenvalue weighted by Gasteiger charge is -1.92. The Labute approximate surface area is 98.8 Å². The fourth-order valence-electron chi connectivity index (χ4n) is 1.95. The lowest BCUT2D eigenvalue weighted by atomic mass is 10.2. The van der Waals surface area contributed by atoms with Crippen molar-refractivity contribution < 1.29 is 8.83 Å². The van der Waals surface area contributed by atoms with Gasteiger partial charge in [0.1, 0.15) is 11.3 Å². The van der Waals surface area contributed by atoms with Crippen LogP contribution in [0.4, 0.5) is 0 Å². The van der Waals surface area contributed by atoms with E-state index in [1.807, 2.05) is 43.3 Å². The number of nitrogens with two attached hydrogens (primary N) is 1. The molecule has 3 nitrogen and oxygen atoms in total. The van der Waals surface area contributed by atoms with E-state index in [1.54, 1.807) is 0 Å². The van der Waals surface area contributed by atoms with Crippen molar-refractivity contribution in [2.24, 2.45) is 5.73 Å². The monoisotopic (exact) mass is 227 g/mol. The number of hydrogen-bond acceptors (Lipinski definition) is 3. The SMILES string of the molecule is Cc1cccc2cc(-c3ccc(CN)o3)oc12. The highest BCUT2D eigenvalue weighted by Gasteiger charge is 2.10. The molecule has 2 heterocycles. The lowest BCUT2D eigenvalue weighted by molar-refractivity contribution is 0.502. The number of fused-ring (bicyclic) bond motifs is 1. The Balaban J connectivity index is 2.14. The highest BCUT2D eigenvalue weighted by Crippen LogP contribution is 2.30. The minimum absolute atomic E-state index is 0.402. The van der Waals surface area contributed by atoms with Crippen LogP contribution in [0.3, 0.4) is 0 Å². The zero-order chi connectivity index (χ0) is 11.8. The quantitative estimate of drug-likeness (QED) is 0.729. The van der Waals surface area contributed by atoms with Gasteiger partial charge in [-0.15, -0.1) is 0 Å². The summed E-state index contributed by atoms with van der Waals surface area (Å²) in [5.74, 6) is 2.23. The fraction of sp³-hybridized carbons (Fsp3) is 0.143. The second-order valence-electron chi connectivity index (χ2n) is 4.07. The van der Waals surface area contributed by atoms with Crippen molar-refractivity contribution in [1.29, 1.82) is 0 Å². The minimum Gasteiger partial charge on any atom is -0.456 e. The van der Waals surface area contributed by atoms with Crippen LogP contribution >= 0.6 is 0 Å². The molecule has 0 aliphatic heterocycles. The number of benzene rings is 1. The van der Waals surface area contributed by atoms with Crippen LogP contribution in [0.5, 0.6) is 0 Å². The molecular weight excluding hydrogens is 214 g/mol. The molecule has 17 heavy (non-hydrogen) atoms. The van der Waals surface area contributed by atoms with Crippen LogP contribution in [0.2, 0.25) is 0 Å². The number of aryl methyl sites for hydroxylation is 1. The van der Waals surface area contributed by atoms with E-state index in [0.717, 1.165) is 33.8 Å². The van der Waals surface area contributed by atoms with Gasteiger partial charge in [0.15, 0.2) is 11.5 Å². The normalized spacial score (nSPS) is 11.2. The Hall–Kier alpha value is -2.00. The molecule has 86 valence electrons. The van der Waals surface area contributed by atoms with Gasteiger partial charge >= 0.3 is 0 Å². The van der Waals surface area contributed by atoms with Gasteiger partial charge in [-0.3, -0.25) is 0 Å². The summed E-state index contributed by atoms with van der Waals surface area (Å²) in [6.45, 7) is 2.43. The summed E-state index contributed by atoms with van der Waals surface area (Å²) in [6, 6.07) is 11.8. The standard InChI is InChI=1S/C14H13NO2/c1-9-3-2-4-10-7-13(17-14(9)10)12-6-5-11(8-15)16-12/h2-7H,8,15H2,1H3. The molecule has 0 aliphatic carbocycles. The van der Waals surface area contributed by atoms with E-state index in [0.29, 0.717) is 6.54 Å². The molecule has 0 spiro atoms. The number of furan rings is 2. The molecule has 3 aromatic rings. The van der Waals surface area contributed by atoms with Crippen molar-refractivity contribution in [2.75, 3.05) is 0 Å². The smallest absolute Gasteiger partial charge is 0.170 e. The van der Waals surface area contributed by atoms with Gasteiger partial charge in [0.05, 0.1) is 6.54 Å². The molecule has 2 aromatic heterocycles. The number of para-hydroxylation sites is 1. The third kappa shape index (κ3) is 1.65. The van der Waals surface area contributed by atoms with Gasteiger partial charge in [-0.05, 0) is 30.7 Å². The van der Waals surface area contributed by atoms with Gasteiger partial charge in [-0.25, -0.2) is 0 Å². The van der Waals surface area contributed by atoms with E-state index in [2.05, 4.69) is 0 Å². The summed E-state index contributed by atoms with van der Waals surface area (Å²) in [5.41, 5.74) is 7.55. The zero-order valence-electron chi connectivity index (χ0n) is 9.57. The molecule has 0 aliphatic rings. The van der Waals surface area contributed by atoms with E-state index in [9.17, 15) is 0 Å². The fourth-order valence-corrected chi connectivity index (χ4v) is 1.95. The first-order chi connectivity index (χ1) is 8.28. The topological polar surface area (TPSA) is 52.3 Å². The molecule has 0 saturated heterocycles. The van der Waals surface area contributed by atoms with Crippen LogP contribution in [0.1, 0.15) is 11.3 Å². The maximum atomic E-state index is 5.81. The van der Waals surface area contributed by atoms with E-state index in [1.165, 1.54) is 0 Å². The molecule has 0 fully saturated rings. The second-order valence-corrected chi connectivity index (χ2v) is 4.07. The van der Waals surface area contributed by atoms with E-state index in [4.69, 9.17) is 14.6 Å². The second kappa shape index (κ2) is 3.79. The molecule has 0 amide bonds. The summed E-state index contributed by atoms with van der Waals surface area (Å²) < 4.78 is 11.4. The Bertz CT molecular complexity index is 664. The molecule has 0 atom stereocenters. The highest BCUT2D eigenvalue weighted by molar-refractivity contribution is 5.84. The molecule has 2 N–H and O–H groups in total. The summed E-state index contributed by atoms with van der Waals surface area (Å²) in [4.78, 5) is 0. The van der Waals surface area contributed by atoms with Gasteiger partial charge in [0.25, 0.3) is 0 Å². The average Bonchev–Trinajstić information content (AvgIpc) is 2.95. The van der Waals surface area contributed by atoms with Crippen molar-refractivity contribution in [3.05, 3.63) is 47.7 Å². The maximum Gasteiger partial charge on any atom is 0.170 e. The Morgan fingerprint density at radius 1 is 1.06 bits per heavy atom. The summed E-state index contributed by atoms with van der Waals surface area (Å²) in [6.07, 6.45) is 0. The Morgan fingerprint density at radius 3 is 2.65 bits per heavy atom. The molecule has 1 aromatic carbocycles. The van der Waals surface area contributed by atoms with Gasteiger partial charge < -0.3 is 14.6 Å². The van der Waals surface area contributed by atoms with Crippen molar-refractivity contribution in [1.82, 2.24) is 0 Å². The predicted molar refractivity (Wildman–Crippen MR) is 66.5 cm³/mol. The lowest BCUT2D eigenvalue weighted by Crippen LogP contribution is -1.92. The van der Waals surface area contributed by atoms with Crippen LogP contribution in [0, 0.1) is 6.92 Å². The summed E-state index contributed by atoms with van der Waals surface area (Å²) >= 11 is 0. The number of rotatable bonds is 2. The molecule has 3 rings (SSSR count). The first kappa shape index (κ1) is 10.2. The van der Waals surface area contributed by atoms with Crippen LogP contribution in [0.25, 0.3) is 22.5 Å². The maximum absolute atomic E-state index is 5.81. The van der Waals surface area contributed by atoms with Crippen molar-refractivity contribution in [3.8, 4) is 11.5 Å². The molecule has 0 radical (unpaired) electrons. The zero-order valence-corrected chi connectivity index (χ0v) is 9.57. The van der Waals surface area contributed by atoms with Crippen LogP contribution in [-0.2, 0) is 6.54 Å². The van der Waals surface area contributed by atoms with E-state index < -0.39 is 0 Å². The largest absolute Gasteiger partial charge is 0.456 e. The Morgan fingerprint density at radius 2 is 1.94 bits per heavy atom. The first-order valence-electron chi connectivity index (χ1n) is 5.56. The predicted octanol–water partition coefficient (Wildman–Crippen LogP) is 3.46. The van der Waals surface area contributed by atoms with E-state index in [-0.39, 0.29) is 0 Å². The average molecular weight is 227 g/mol. The highest BCUT2D eigenvalue weighted by atomic mass is 16.4. The Kier molecular flexibility index (Phi) is 2.27. The molecule has 0 bridgehead atoms. The molecule has 0 saturated carbocycles. The first-order valence-corrected chi connectivity index (χ1v) is 5.56. The van der Waals surface area contributed by atoms with E-state index >= 15 is 0 Å². The molecule has 3 heteroatoms. The van der Waals surface area contributed by atoms with Crippen LogP contribution < -0.4 is 5.73 Å². The van der Waals surface area contributed by atoms with Crippen molar-refractivity contribution in [2.45, 2.75) is 13.5 Å². The third-order valence-corrected chi connectivity index (χ3v) is 2.85. The summed E-state index contributed by atoms with van der Waals surface area (Å²) in [7, 11) is 0. The van der Waals surface area contributed by atoms with Crippen LogP contribution in [0.15, 0.2) is 45.2 Å². The third-order valence-electron chi connectivity index (χ3n) is 2.85. The molecular formula is C14H13NO2. The van der Waals surface area contributed by atoms with Gasteiger partial charge in [0, 0.05) is 5.39 Å². The van der Waals surface area contributed by atoms with Gasteiger partial charge in [-0.1, -0.05) is 18.2 Å². The van der Waals surface area contributed by atoms with Crippen molar-refractivity contribution >= 4 is 11.0 Å². The molecule has 0 unspecified atom stereocenters. The van der Waals surface area contributed by atoms with Crippen LogP contribution in [-0.4, -0.2) is 0 Å². The summed E-state index contributed by atoms with van der Waals surface area (Å²) in [5, 5.41) is 1.09. The minimum atomic E-state index is 0.402. The van der Waals surface area contributed by atoms with Gasteiger partial charge in [0.2, 0.25) is 0 Å². The van der Waals surface area contributed by atoms with Crippen molar-refractivity contribution in [3.63, 3.8) is 0 Å².